The topological polar surface area (TPSA) is 91.0 Å². The van der Waals surface area contributed by atoms with Crippen molar-refractivity contribution in [3.8, 4) is 12.1 Å². The summed E-state index contributed by atoms with van der Waals surface area (Å²) in [6, 6.07) is 23.2. The third-order valence-electron chi connectivity index (χ3n) is 4.42. The van der Waals surface area contributed by atoms with E-state index >= 15 is 0 Å². The summed E-state index contributed by atoms with van der Waals surface area (Å²) >= 11 is 12.4. The minimum Gasteiger partial charge on any atom is -0.386 e. The summed E-state index contributed by atoms with van der Waals surface area (Å²) in [7, 11) is 0. The van der Waals surface area contributed by atoms with E-state index in [2.05, 4.69) is 0 Å². The molecule has 0 atom stereocenters. The van der Waals surface area contributed by atoms with E-state index in [0.717, 1.165) is 10.8 Å². The van der Waals surface area contributed by atoms with Crippen molar-refractivity contribution in [1.82, 2.24) is 0 Å². The molecule has 150 valence electrons. The number of nitrogens with zero attached hydrogens (tertiary/aromatic N) is 2. The van der Waals surface area contributed by atoms with E-state index in [1.54, 1.807) is 48.5 Å². The molecule has 4 rings (SSSR count). The maximum atomic E-state index is 12.6. The van der Waals surface area contributed by atoms with Crippen molar-refractivity contribution in [1.29, 1.82) is 10.5 Å². The highest BCUT2D eigenvalue weighted by Crippen LogP contribution is 2.29. The zero-order valence-electron chi connectivity index (χ0n) is 15.8. The van der Waals surface area contributed by atoms with Crippen LogP contribution in [0.15, 0.2) is 72.8 Å². The van der Waals surface area contributed by atoms with Gasteiger partial charge in [-0.2, -0.15) is 10.5 Å². The first-order valence-electron chi connectivity index (χ1n) is 8.87. The van der Waals surface area contributed by atoms with Crippen LogP contribution >= 0.6 is 23.2 Å². The fourth-order valence-corrected chi connectivity index (χ4v) is 3.53. The Hall–Kier alpha value is -3.90. The van der Waals surface area contributed by atoms with E-state index in [0.29, 0.717) is 20.8 Å². The molecule has 0 aliphatic rings. The molecule has 4 aromatic rings. The number of ether oxygens (including phenoxy) is 1. The zero-order chi connectivity index (χ0) is 22.4. The number of halogens is 2. The molecule has 0 unspecified atom stereocenters. The first kappa shape index (κ1) is 21.8. The van der Waals surface area contributed by atoms with Gasteiger partial charge in [0.2, 0.25) is 0 Å². The van der Waals surface area contributed by atoms with E-state index in [1.165, 1.54) is 12.1 Å². The number of hydrogen-bond acceptors (Lipinski definition) is 5. The molecule has 0 amide bonds. The largest absolute Gasteiger partial charge is 0.386 e. The molecule has 0 spiro atoms. The lowest BCUT2D eigenvalue weighted by Gasteiger charge is -2.09. The number of fused-ring (bicyclic) bond motifs is 2. The number of benzene rings is 4. The van der Waals surface area contributed by atoms with Crippen molar-refractivity contribution in [3.05, 3.63) is 94.0 Å². The second-order valence-corrected chi connectivity index (χ2v) is 7.00. The number of rotatable bonds is 2. The molecule has 0 bridgehead atoms. The predicted molar refractivity (Wildman–Crippen MR) is 119 cm³/mol. The van der Waals surface area contributed by atoms with Crippen LogP contribution < -0.4 is 0 Å². The summed E-state index contributed by atoms with van der Waals surface area (Å²) in [4.78, 5) is 25.3. The fraction of sp³-hybridized carbons (Fsp3) is 0. The fourth-order valence-electron chi connectivity index (χ4n) is 3.07. The second-order valence-electron chi connectivity index (χ2n) is 6.18. The van der Waals surface area contributed by atoms with Crippen molar-refractivity contribution < 1.29 is 14.3 Å². The molecule has 0 N–H and O–H groups in total. The summed E-state index contributed by atoms with van der Waals surface area (Å²) < 4.78 is 5.15. The van der Waals surface area contributed by atoms with E-state index in [1.807, 2.05) is 24.3 Å². The molecule has 31 heavy (non-hydrogen) atoms. The summed E-state index contributed by atoms with van der Waals surface area (Å²) in [6.45, 7) is 0. The molecule has 5 nitrogen and oxygen atoms in total. The highest BCUT2D eigenvalue weighted by atomic mass is 35.5. The zero-order valence-corrected chi connectivity index (χ0v) is 17.3. The molecule has 0 saturated carbocycles. The monoisotopic (exact) mass is 446 g/mol. The van der Waals surface area contributed by atoms with Gasteiger partial charge in [-0.15, -0.1) is 0 Å². The molecule has 7 heteroatoms. The van der Waals surface area contributed by atoms with Gasteiger partial charge in [-0.1, -0.05) is 71.7 Å². The number of nitriles is 2. The summed E-state index contributed by atoms with van der Waals surface area (Å²) in [5, 5.41) is 18.3. The normalized spacial score (nSPS) is 9.81. The number of carbonyl (C=O) groups excluding carboxylic acids is 2. The summed E-state index contributed by atoms with van der Waals surface area (Å²) in [6.07, 6.45) is 0. The number of hydrogen-bond donors (Lipinski definition) is 0. The highest BCUT2D eigenvalue weighted by molar-refractivity contribution is 6.36. The first-order valence-corrected chi connectivity index (χ1v) is 9.62. The van der Waals surface area contributed by atoms with Gasteiger partial charge < -0.3 is 4.74 Å². The smallest absolute Gasteiger partial charge is 0.346 e. The van der Waals surface area contributed by atoms with Gasteiger partial charge in [0.15, 0.2) is 12.1 Å². The van der Waals surface area contributed by atoms with Gasteiger partial charge in [0, 0.05) is 20.8 Å². The Morgan fingerprint density at radius 2 is 0.968 bits per heavy atom. The number of esters is 2. The summed E-state index contributed by atoms with van der Waals surface area (Å²) in [5.74, 6) is -1.46. The van der Waals surface area contributed by atoms with Gasteiger partial charge in [-0.3, -0.25) is 0 Å². The van der Waals surface area contributed by atoms with Crippen LogP contribution in [0.4, 0.5) is 0 Å². The van der Waals surface area contributed by atoms with Crippen LogP contribution in [0.3, 0.4) is 0 Å². The molecular formula is C24H12Cl2N2O3. The lowest BCUT2D eigenvalue weighted by Crippen LogP contribution is -2.13. The Morgan fingerprint density at radius 3 is 1.32 bits per heavy atom. The molecule has 0 heterocycles. The molecule has 4 aromatic carbocycles. The maximum Gasteiger partial charge on any atom is 0.346 e. The van der Waals surface area contributed by atoms with Crippen LogP contribution in [0, 0.1) is 22.7 Å². The van der Waals surface area contributed by atoms with Crippen molar-refractivity contribution in [3.63, 3.8) is 0 Å². The Morgan fingerprint density at radius 1 is 0.613 bits per heavy atom. The van der Waals surface area contributed by atoms with E-state index in [9.17, 15) is 9.59 Å². The quantitative estimate of drug-likeness (QED) is 0.265. The van der Waals surface area contributed by atoms with E-state index in [4.69, 9.17) is 38.5 Å². The summed E-state index contributed by atoms with van der Waals surface area (Å²) in [5.41, 5.74) is 0.559. The van der Waals surface area contributed by atoms with Crippen LogP contribution in [0.2, 0.25) is 10.0 Å². The Kier molecular flexibility index (Phi) is 6.85. The Labute approximate surface area is 187 Å². The van der Waals surface area contributed by atoms with Crippen molar-refractivity contribution in [2.24, 2.45) is 0 Å². The molecular weight excluding hydrogens is 435 g/mol. The van der Waals surface area contributed by atoms with Crippen LogP contribution in [-0.4, -0.2) is 11.9 Å². The predicted octanol–water partition coefficient (Wildman–Crippen LogP) is 6.33. The molecule has 0 radical (unpaired) electrons. The maximum absolute atomic E-state index is 12.6. The van der Waals surface area contributed by atoms with Crippen LogP contribution in [0.5, 0.6) is 0 Å². The SMILES string of the molecule is N#CC#N.O=C(OC(=O)c1ccc(Cl)c2ccccc12)c1ccc(Cl)c2ccccc12. The van der Waals surface area contributed by atoms with Crippen LogP contribution in [-0.2, 0) is 4.74 Å². The van der Waals surface area contributed by atoms with E-state index in [-0.39, 0.29) is 11.1 Å². The average Bonchev–Trinajstić information content (AvgIpc) is 2.80. The van der Waals surface area contributed by atoms with E-state index < -0.39 is 11.9 Å². The third-order valence-corrected chi connectivity index (χ3v) is 5.08. The third kappa shape index (κ3) is 4.65. The van der Waals surface area contributed by atoms with Crippen molar-refractivity contribution in [2.75, 3.05) is 0 Å². The van der Waals surface area contributed by atoms with Crippen LogP contribution in [0.1, 0.15) is 20.7 Å². The minimum absolute atomic E-state index is 0.279. The molecule has 0 fully saturated rings. The molecule has 0 aliphatic carbocycles. The van der Waals surface area contributed by atoms with Gasteiger partial charge in [-0.05, 0) is 35.0 Å². The van der Waals surface area contributed by atoms with Gasteiger partial charge >= 0.3 is 11.9 Å². The van der Waals surface area contributed by atoms with Gasteiger partial charge in [-0.25, -0.2) is 9.59 Å². The van der Waals surface area contributed by atoms with Crippen LogP contribution in [0.25, 0.3) is 21.5 Å². The molecule has 0 saturated heterocycles. The molecule has 0 aliphatic heterocycles. The second kappa shape index (κ2) is 9.73. The molecule has 0 aromatic heterocycles. The minimum atomic E-state index is -0.730. The van der Waals surface area contributed by atoms with Gasteiger partial charge in [0.1, 0.15) is 0 Å². The average molecular weight is 447 g/mol. The van der Waals surface area contributed by atoms with Gasteiger partial charge in [0.05, 0.1) is 11.1 Å². The lowest BCUT2D eigenvalue weighted by molar-refractivity contribution is 0.0400. The standard InChI is InChI=1S/C22H12Cl2O3.C2N2/c23-19-11-9-17(13-5-1-3-7-15(13)19)21(25)27-22(26)18-10-12-20(24)16-8-4-2-6-14(16)18;3-1-2-4/h1-12H;. The van der Waals surface area contributed by atoms with Crippen molar-refractivity contribution >= 4 is 56.7 Å². The van der Waals surface area contributed by atoms with Crippen molar-refractivity contribution in [2.45, 2.75) is 0 Å². The van der Waals surface area contributed by atoms with Gasteiger partial charge in [0.25, 0.3) is 0 Å². The first-order chi connectivity index (χ1) is 15.0. The lowest BCUT2D eigenvalue weighted by atomic mass is 10.0. The number of carbonyl (C=O) groups is 2. The Balaban J connectivity index is 0.000000628. The highest BCUT2D eigenvalue weighted by Gasteiger charge is 2.20. The Bertz CT molecular complexity index is 1290.